The predicted molar refractivity (Wildman–Crippen MR) is 63.3 cm³/mol. The first kappa shape index (κ1) is 14.3. The van der Waals surface area contributed by atoms with Gasteiger partial charge in [-0.1, -0.05) is 0 Å². The number of rotatable bonds is 7. The Kier molecular flexibility index (Phi) is 5.76. The van der Waals surface area contributed by atoms with E-state index < -0.39 is 10.0 Å². The molecule has 1 heterocycles. The Hall–Kier alpha value is -0.760. The van der Waals surface area contributed by atoms with Crippen LogP contribution < -0.4 is 4.72 Å². The molecule has 0 atom stereocenters. The van der Waals surface area contributed by atoms with E-state index in [-0.39, 0.29) is 10.2 Å². The van der Waals surface area contributed by atoms with Gasteiger partial charge in [0.25, 0.3) is 0 Å². The van der Waals surface area contributed by atoms with Crippen LogP contribution in [0.15, 0.2) is 17.3 Å². The van der Waals surface area contributed by atoms with E-state index in [4.69, 9.17) is 16.3 Å². The van der Waals surface area contributed by atoms with Gasteiger partial charge >= 0.3 is 0 Å². The fourth-order valence-corrected chi connectivity index (χ4v) is 2.11. The number of nitrogens with zero attached hydrogens (tertiary/aromatic N) is 2. The van der Waals surface area contributed by atoms with Crippen LogP contribution in [0.1, 0.15) is 13.3 Å². The van der Waals surface area contributed by atoms with Gasteiger partial charge in [-0.25, -0.2) is 23.1 Å². The second kappa shape index (κ2) is 6.85. The van der Waals surface area contributed by atoms with E-state index >= 15 is 0 Å². The van der Waals surface area contributed by atoms with Crippen LogP contribution in [0.4, 0.5) is 0 Å². The molecule has 0 unspecified atom stereocenters. The van der Waals surface area contributed by atoms with Crippen LogP contribution in [0.3, 0.4) is 0 Å². The number of ether oxygens (including phenoxy) is 1. The molecule has 1 rings (SSSR count). The van der Waals surface area contributed by atoms with Gasteiger partial charge in [0, 0.05) is 19.8 Å². The zero-order chi connectivity index (χ0) is 12.7. The zero-order valence-electron chi connectivity index (χ0n) is 9.39. The Balaban J connectivity index is 2.48. The molecule has 8 heteroatoms. The topological polar surface area (TPSA) is 81.2 Å². The van der Waals surface area contributed by atoms with E-state index in [1.165, 1.54) is 12.4 Å². The summed E-state index contributed by atoms with van der Waals surface area (Å²) in [7, 11) is -3.55. The maximum atomic E-state index is 11.7. The van der Waals surface area contributed by atoms with Gasteiger partial charge in [0.05, 0.1) is 12.4 Å². The number of hydrogen-bond donors (Lipinski definition) is 1. The summed E-state index contributed by atoms with van der Waals surface area (Å²) in [6.45, 7) is 3.34. The predicted octanol–water partition coefficient (Wildman–Crippen LogP) is 0.835. The van der Waals surface area contributed by atoms with Gasteiger partial charge in [0.2, 0.25) is 15.3 Å². The number of sulfonamides is 1. The molecule has 0 aliphatic rings. The molecule has 1 aromatic rings. The molecule has 1 aromatic heterocycles. The Morgan fingerprint density at radius 2 is 2.06 bits per heavy atom. The minimum Gasteiger partial charge on any atom is -0.382 e. The molecule has 1 N–H and O–H groups in total. The zero-order valence-corrected chi connectivity index (χ0v) is 11.0. The molecule has 0 fully saturated rings. The molecule has 0 saturated carbocycles. The van der Waals surface area contributed by atoms with Crippen molar-refractivity contribution < 1.29 is 13.2 Å². The first-order chi connectivity index (χ1) is 8.06. The minimum absolute atomic E-state index is 0.00156. The largest absolute Gasteiger partial charge is 0.382 e. The maximum absolute atomic E-state index is 11.7. The third-order valence-corrected chi connectivity index (χ3v) is 3.48. The summed E-state index contributed by atoms with van der Waals surface area (Å²) in [6.07, 6.45) is 2.95. The van der Waals surface area contributed by atoms with Crippen molar-refractivity contribution in [3.8, 4) is 0 Å². The van der Waals surface area contributed by atoms with Crippen molar-refractivity contribution >= 4 is 21.6 Å². The van der Waals surface area contributed by atoms with Gasteiger partial charge in [0.15, 0.2) is 0 Å². The molecule has 0 radical (unpaired) electrons. The highest BCUT2D eigenvalue weighted by Crippen LogP contribution is 2.07. The highest BCUT2D eigenvalue weighted by Gasteiger charge is 2.13. The summed E-state index contributed by atoms with van der Waals surface area (Å²) >= 11 is 5.47. The number of hydrogen-bond acceptors (Lipinski definition) is 5. The molecule has 17 heavy (non-hydrogen) atoms. The molecule has 0 amide bonds. The van der Waals surface area contributed by atoms with Crippen LogP contribution >= 0.6 is 11.6 Å². The van der Waals surface area contributed by atoms with Gasteiger partial charge in [-0.3, -0.25) is 0 Å². The second-order valence-corrected chi connectivity index (χ2v) is 5.24. The molecule has 0 aromatic carbocycles. The third kappa shape index (κ3) is 4.95. The minimum atomic E-state index is -3.55. The highest BCUT2D eigenvalue weighted by molar-refractivity contribution is 7.89. The number of halogens is 1. The molecule has 0 aliphatic heterocycles. The molecule has 0 saturated heterocycles. The first-order valence-corrected chi connectivity index (χ1v) is 6.97. The van der Waals surface area contributed by atoms with Crippen molar-refractivity contribution in [1.29, 1.82) is 0 Å². The van der Waals surface area contributed by atoms with Crippen LogP contribution in [0.25, 0.3) is 0 Å². The van der Waals surface area contributed by atoms with Crippen molar-refractivity contribution in [2.75, 3.05) is 19.8 Å². The lowest BCUT2D eigenvalue weighted by atomic mass is 10.5. The van der Waals surface area contributed by atoms with Crippen molar-refractivity contribution in [1.82, 2.24) is 14.7 Å². The highest BCUT2D eigenvalue weighted by atomic mass is 35.5. The summed E-state index contributed by atoms with van der Waals surface area (Å²) in [5.74, 6) is 0. The van der Waals surface area contributed by atoms with E-state index in [2.05, 4.69) is 14.7 Å². The van der Waals surface area contributed by atoms with Gasteiger partial charge in [0.1, 0.15) is 4.90 Å². The van der Waals surface area contributed by atoms with Crippen LogP contribution in [0.2, 0.25) is 5.28 Å². The fourth-order valence-electron chi connectivity index (χ4n) is 1.05. The monoisotopic (exact) mass is 279 g/mol. The summed E-state index contributed by atoms with van der Waals surface area (Å²) in [6, 6.07) is 0. The van der Waals surface area contributed by atoms with Gasteiger partial charge in [-0.2, -0.15) is 0 Å². The van der Waals surface area contributed by atoms with Crippen molar-refractivity contribution in [2.24, 2.45) is 0 Å². The van der Waals surface area contributed by atoms with E-state index in [1.807, 2.05) is 6.92 Å². The van der Waals surface area contributed by atoms with Crippen molar-refractivity contribution in [3.05, 3.63) is 17.7 Å². The van der Waals surface area contributed by atoms with Crippen LogP contribution in [0.5, 0.6) is 0 Å². The van der Waals surface area contributed by atoms with E-state index in [9.17, 15) is 8.42 Å². The molecule has 6 nitrogen and oxygen atoms in total. The summed E-state index contributed by atoms with van der Waals surface area (Å²) in [4.78, 5) is 7.23. The fraction of sp³-hybridized carbons (Fsp3) is 0.556. The summed E-state index contributed by atoms with van der Waals surface area (Å²) in [5, 5.41) is 0.0142. The lowest BCUT2D eigenvalue weighted by Gasteiger charge is -2.05. The normalized spacial score (nSPS) is 11.6. The molecular weight excluding hydrogens is 266 g/mol. The number of aromatic nitrogens is 2. The average Bonchev–Trinajstić information content (AvgIpc) is 2.29. The first-order valence-electron chi connectivity index (χ1n) is 5.11. The van der Waals surface area contributed by atoms with E-state index in [1.54, 1.807) is 0 Å². The van der Waals surface area contributed by atoms with Gasteiger partial charge in [-0.15, -0.1) is 0 Å². The molecule has 0 bridgehead atoms. The van der Waals surface area contributed by atoms with Crippen molar-refractivity contribution in [2.45, 2.75) is 18.2 Å². The standard InChI is InChI=1S/C9H14ClN3O3S/c1-2-16-5-3-4-13-17(14,15)8-6-11-9(10)12-7-8/h6-7,13H,2-5H2,1H3. The summed E-state index contributed by atoms with van der Waals surface area (Å²) in [5.41, 5.74) is 0. The molecule has 96 valence electrons. The maximum Gasteiger partial charge on any atom is 0.243 e. The Bertz CT molecular complexity index is 435. The van der Waals surface area contributed by atoms with E-state index in [0.717, 1.165) is 0 Å². The molecule has 0 aliphatic carbocycles. The molecular formula is C9H14ClN3O3S. The Morgan fingerprint density at radius 3 is 2.65 bits per heavy atom. The smallest absolute Gasteiger partial charge is 0.243 e. The number of nitrogens with one attached hydrogen (secondary N) is 1. The third-order valence-electron chi connectivity index (χ3n) is 1.87. The quantitative estimate of drug-likeness (QED) is 0.591. The Morgan fingerprint density at radius 1 is 1.41 bits per heavy atom. The average molecular weight is 280 g/mol. The van der Waals surface area contributed by atoms with Crippen molar-refractivity contribution in [3.63, 3.8) is 0 Å². The lowest BCUT2D eigenvalue weighted by molar-refractivity contribution is 0.146. The lowest BCUT2D eigenvalue weighted by Crippen LogP contribution is -2.25. The SMILES string of the molecule is CCOCCCNS(=O)(=O)c1cnc(Cl)nc1. The second-order valence-electron chi connectivity index (χ2n) is 3.14. The van der Waals surface area contributed by atoms with E-state index in [0.29, 0.717) is 26.2 Å². The van der Waals surface area contributed by atoms with Gasteiger partial charge in [-0.05, 0) is 24.9 Å². The summed E-state index contributed by atoms with van der Waals surface area (Å²) < 4.78 is 30.9. The van der Waals surface area contributed by atoms with Crippen LogP contribution in [-0.2, 0) is 14.8 Å². The Labute approximate surface area is 105 Å². The van der Waals surface area contributed by atoms with Crippen LogP contribution in [-0.4, -0.2) is 38.1 Å². The van der Waals surface area contributed by atoms with Gasteiger partial charge < -0.3 is 4.74 Å². The molecule has 0 spiro atoms. The van der Waals surface area contributed by atoms with Crippen LogP contribution in [0, 0.1) is 0 Å².